The summed E-state index contributed by atoms with van der Waals surface area (Å²) in [5.74, 6) is 1.78. The highest BCUT2D eigenvalue weighted by molar-refractivity contribution is 5.28. The highest BCUT2D eigenvalue weighted by Crippen LogP contribution is 2.24. The second-order valence-electron chi connectivity index (χ2n) is 6.86. The van der Waals surface area contributed by atoms with Crippen molar-refractivity contribution in [1.29, 1.82) is 0 Å². The number of nitrogens with one attached hydrogen (secondary N) is 1. The molecule has 0 radical (unpaired) electrons. The van der Waals surface area contributed by atoms with Gasteiger partial charge in [-0.25, -0.2) is 4.98 Å². The molecule has 1 unspecified atom stereocenters. The van der Waals surface area contributed by atoms with Crippen molar-refractivity contribution in [3.63, 3.8) is 0 Å². The van der Waals surface area contributed by atoms with Gasteiger partial charge in [-0.05, 0) is 29.3 Å². The van der Waals surface area contributed by atoms with Crippen molar-refractivity contribution >= 4 is 0 Å². The second kappa shape index (κ2) is 8.33. The maximum atomic E-state index is 5.85. The lowest BCUT2D eigenvalue weighted by atomic mass is 10.0. The largest absolute Gasteiger partial charge is 0.486 e. The second-order valence-corrected chi connectivity index (χ2v) is 6.86. The van der Waals surface area contributed by atoms with Crippen LogP contribution >= 0.6 is 0 Å². The summed E-state index contributed by atoms with van der Waals surface area (Å²) in [6, 6.07) is 12.9. The summed E-state index contributed by atoms with van der Waals surface area (Å²) in [6.07, 6.45) is 7.51. The van der Waals surface area contributed by atoms with E-state index in [-0.39, 0.29) is 0 Å². The summed E-state index contributed by atoms with van der Waals surface area (Å²) in [5, 5.41) is 3.50. The average Bonchev–Trinajstić information content (AvgIpc) is 3.13. The number of pyridine rings is 1. The van der Waals surface area contributed by atoms with Crippen LogP contribution in [0.3, 0.4) is 0 Å². The molecule has 2 aromatic heterocycles. The maximum Gasteiger partial charge on any atom is 0.146 e. The number of imidazole rings is 1. The molecule has 3 heterocycles. The van der Waals surface area contributed by atoms with E-state index in [1.807, 2.05) is 48.4 Å². The minimum absolute atomic E-state index is 0.354. The minimum atomic E-state index is 0.354. The number of benzene rings is 1. The molecule has 1 N–H and O–H groups in total. The van der Waals surface area contributed by atoms with Crippen LogP contribution in [0.15, 0.2) is 61.2 Å². The molecule has 0 aliphatic carbocycles. The van der Waals surface area contributed by atoms with Crippen LogP contribution in [0.2, 0.25) is 0 Å². The first kappa shape index (κ1) is 17.7. The maximum absolute atomic E-state index is 5.85. The normalized spacial score (nSPS) is 17.7. The van der Waals surface area contributed by atoms with Gasteiger partial charge >= 0.3 is 0 Å². The Hall–Kier alpha value is -2.70. The van der Waals surface area contributed by atoms with E-state index in [0.717, 1.165) is 37.8 Å². The first-order chi connectivity index (χ1) is 13.3. The summed E-state index contributed by atoms with van der Waals surface area (Å²) in [6.45, 7) is 4.39. The molecule has 1 aliphatic rings. The Morgan fingerprint density at radius 3 is 2.81 bits per heavy atom. The Morgan fingerprint density at radius 2 is 2.07 bits per heavy atom. The molecular formula is C21H25N5O. The number of hydrogen-bond donors (Lipinski definition) is 1. The third-order valence-corrected chi connectivity index (χ3v) is 5.02. The van der Waals surface area contributed by atoms with Gasteiger partial charge in [-0.2, -0.15) is 0 Å². The van der Waals surface area contributed by atoms with Gasteiger partial charge in [0.1, 0.15) is 18.2 Å². The predicted octanol–water partition coefficient (Wildman–Crippen LogP) is 2.54. The van der Waals surface area contributed by atoms with Crippen LogP contribution in [0, 0.1) is 0 Å². The molecule has 3 aromatic rings. The fourth-order valence-electron chi connectivity index (χ4n) is 3.45. The Morgan fingerprint density at radius 1 is 1.19 bits per heavy atom. The van der Waals surface area contributed by atoms with E-state index in [9.17, 15) is 0 Å². The van der Waals surface area contributed by atoms with Crippen LogP contribution in [-0.4, -0.2) is 39.1 Å². The van der Waals surface area contributed by atoms with Gasteiger partial charge in [-0.15, -0.1) is 0 Å². The van der Waals surface area contributed by atoms with Gasteiger partial charge in [0.15, 0.2) is 0 Å². The van der Waals surface area contributed by atoms with Crippen LogP contribution in [0.1, 0.15) is 23.0 Å². The minimum Gasteiger partial charge on any atom is -0.486 e. The Bertz CT molecular complexity index is 847. The first-order valence-electron chi connectivity index (χ1n) is 9.32. The van der Waals surface area contributed by atoms with E-state index in [2.05, 4.69) is 38.4 Å². The van der Waals surface area contributed by atoms with E-state index in [1.54, 1.807) is 6.20 Å². The van der Waals surface area contributed by atoms with E-state index in [0.29, 0.717) is 12.6 Å². The lowest BCUT2D eigenvalue weighted by Gasteiger charge is -2.36. The molecule has 1 atom stereocenters. The lowest BCUT2D eigenvalue weighted by Crippen LogP contribution is -2.45. The number of nitrogens with zero attached hydrogens (tertiary/aromatic N) is 4. The summed E-state index contributed by atoms with van der Waals surface area (Å²) in [7, 11) is 1.97. The zero-order valence-electron chi connectivity index (χ0n) is 15.6. The molecule has 6 heteroatoms. The van der Waals surface area contributed by atoms with Crippen molar-refractivity contribution in [1.82, 2.24) is 24.8 Å². The van der Waals surface area contributed by atoms with E-state index in [4.69, 9.17) is 4.74 Å². The van der Waals surface area contributed by atoms with Crippen LogP contribution in [-0.2, 0) is 20.2 Å². The molecule has 0 amide bonds. The van der Waals surface area contributed by atoms with Gasteiger partial charge in [0.05, 0.1) is 0 Å². The van der Waals surface area contributed by atoms with Crippen LogP contribution in [0.25, 0.3) is 0 Å². The Balaban J connectivity index is 1.39. The Kier molecular flexibility index (Phi) is 5.46. The number of piperazine rings is 1. The van der Waals surface area contributed by atoms with Crippen LogP contribution in [0.4, 0.5) is 0 Å². The van der Waals surface area contributed by atoms with Gasteiger partial charge in [0, 0.05) is 64.1 Å². The topological polar surface area (TPSA) is 55.2 Å². The molecule has 0 bridgehead atoms. The average molecular weight is 363 g/mol. The molecule has 1 fully saturated rings. The van der Waals surface area contributed by atoms with Crippen LogP contribution in [0.5, 0.6) is 5.75 Å². The van der Waals surface area contributed by atoms with Crippen LogP contribution < -0.4 is 10.1 Å². The highest BCUT2D eigenvalue weighted by atomic mass is 16.5. The highest BCUT2D eigenvalue weighted by Gasteiger charge is 2.23. The van der Waals surface area contributed by atoms with Crippen molar-refractivity contribution in [2.24, 2.45) is 7.05 Å². The third kappa shape index (κ3) is 4.35. The van der Waals surface area contributed by atoms with Crippen molar-refractivity contribution < 1.29 is 4.74 Å². The van der Waals surface area contributed by atoms with E-state index >= 15 is 0 Å². The van der Waals surface area contributed by atoms with E-state index in [1.165, 1.54) is 11.1 Å². The first-order valence-corrected chi connectivity index (χ1v) is 9.32. The number of rotatable bonds is 6. The van der Waals surface area contributed by atoms with Gasteiger partial charge in [-0.1, -0.05) is 18.2 Å². The fraction of sp³-hybridized carbons (Fsp3) is 0.333. The molecule has 1 aliphatic heterocycles. The molecule has 0 saturated carbocycles. The molecule has 140 valence electrons. The van der Waals surface area contributed by atoms with Gasteiger partial charge in [-0.3, -0.25) is 9.88 Å². The summed E-state index contributed by atoms with van der Waals surface area (Å²) in [5.41, 5.74) is 2.55. The fourth-order valence-corrected chi connectivity index (χ4v) is 3.45. The SMILES string of the molecule is Cn1ccnc1COc1ccc(CN2CCNCC2c2cccnc2)cc1. The molecule has 4 rings (SSSR count). The summed E-state index contributed by atoms with van der Waals surface area (Å²) >= 11 is 0. The van der Waals surface area contributed by atoms with Crippen molar-refractivity contribution in [2.45, 2.75) is 19.2 Å². The number of aryl methyl sites for hydroxylation is 1. The zero-order chi connectivity index (χ0) is 18.5. The quantitative estimate of drug-likeness (QED) is 0.729. The smallest absolute Gasteiger partial charge is 0.146 e. The van der Waals surface area contributed by atoms with Crippen molar-refractivity contribution in [2.75, 3.05) is 19.6 Å². The van der Waals surface area contributed by atoms with Gasteiger partial charge < -0.3 is 14.6 Å². The summed E-state index contributed by atoms with van der Waals surface area (Å²) in [4.78, 5) is 11.1. The monoisotopic (exact) mass is 363 g/mol. The van der Waals surface area contributed by atoms with Gasteiger partial charge in [0.25, 0.3) is 0 Å². The summed E-state index contributed by atoms with van der Waals surface area (Å²) < 4.78 is 7.82. The number of aromatic nitrogens is 3. The molecule has 1 aromatic carbocycles. The molecule has 1 saturated heterocycles. The standard InChI is InChI=1S/C21H25N5O/c1-25-11-10-24-21(25)16-27-19-6-4-17(5-7-19)15-26-12-9-23-14-20(26)18-3-2-8-22-13-18/h2-8,10-11,13,20,23H,9,12,14-16H2,1H3. The zero-order valence-corrected chi connectivity index (χ0v) is 15.6. The van der Waals surface area contributed by atoms with Crippen molar-refractivity contribution in [3.05, 3.63) is 78.1 Å². The third-order valence-electron chi connectivity index (χ3n) is 5.02. The lowest BCUT2D eigenvalue weighted by molar-refractivity contribution is 0.153. The molecule has 27 heavy (non-hydrogen) atoms. The number of hydrogen-bond acceptors (Lipinski definition) is 5. The Labute approximate surface area is 159 Å². The van der Waals surface area contributed by atoms with Gasteiger partial charge in [0.2, 0.25) is 0 Å². The molecule has 0 spiro atoms. The molecule has 6 nitrogen and oxygen atoms in total. The number of ether oxygens (including phenoxy) is 1. The van der Waals surface area contributed by atoms with Crippen molar-refractivity contribution in [3.8, 4) is 5.75 Å². The van der Waals surface area contributed by atoms with E-state index < -0.39 is 0 Å². The molecular weight excluding hydrogens is 338 g/mol. The predicted molar refractivity (Wildman–Crippen MR) is 104 cm³/mol.